The molecule has 5 nitrogen and oxygen atoms in total. The Balaban J connectivity index is 1.42. The van der Waals surface area contributed by atoms with E-state index in [1.54, 1.807) is 0 Å². The van der Waals surface area contributed by atoms with Gasteiger partial charge in [0.05, 0.1) is 0 Å². The average Bonchev–Trinajstić information content (AvgIpc) is 3.07. The summed E-state index contributed by atoms with van der Waals surface area (Å²) in [6.45, 7) is 7.97. The van der Waals surface area contributed by atoms with Crippen LogP contribution in [-0.2, 0) is 6.54 Å². The van der Waals surface area contributed by atoms with Gasteiger partial charge in [-0.1, -0.05) is 30.3 Å². The van der Waals surface area contributed by atoms with Crippen molar-refractivity contribution >= 4 is 5.96 Å². The van der Waals surface area contributed by atoms with E-state index in [1.807, 2.05) is 7.05 Å². The van der Waals surface area contributed by atoms with Crippen LogP contribution in [0.2, 0.25) is 0 Å². The van der Waals surface area contributed by atoms with Crippen molar-refractivity contribution < 1.29 is 0 Å². The Hall–Kier alpha value is -1.59. The van der Waals surface area contributed by atoms with Crippen molar-refractivity contribution in [2.75, 3.05) is 40.3 Å². The second kappa shape index (κ2) is 9.38. The second-order valence-corrected chi connectivity index (χ2v) is 8.04. The number of nitrogens with zero attached hydrogens (tertiary/aromatic N) is 3. The van der Waals surface area contributed by atoms with Gasteiger partial charge in [-0.05, 0) is 51.3 Å². The molecule has 0 radical (unpaired) electrons. The number of guanidine groups is 1. The largest absolute Gasteiger partial charge is 0.356 e. The first-order chi connectivity index (χ1) is 12.6. The highest BCUT2D eigenvalue weighted by Gasteiger charge is 2.26. The first kappa shape index (κ1) is 19.2. The van der Waals surface area contributed by atoms with Gasteiger partial charge in [0.25, 0.3) is 0 Å². The molecule has 2 aliphatic rings. The molecule has 0 aromatic heterocycles. The van der Waals surface area contributed by atoms with Crippen molar-refractivity contribution in [3.63, 3.8) is 0 Å². The molecule has 3 rings (SSSR count). The van der Waals surface area contributed by atoms with Crippen LogP contribution in [-0.4, -0.2) is 68.1 Å². The molecule has 0 saturated carbocycles. The predicted molar refractivity (Wildman–Crippen MR) is 109 cm³/mol. The summed E-state index contributed by atoms with van der Waals surface area (Å²) < 4.78 is 0. The number of benzene rings is 1. The van der Waals surface area contributed by atoms with Gasteiger partial charge in [0.15, 0.2) is 5.96 Å². The smallest absolute Gasteiger partial charge is 0.191 e. The van der Waals surface area contributed by atoms with Gasteiger partial charge >= 0.3 is 0 Å². The fourth-order valence-electron chi connectivity index (χ4n) is 4.23. The van der Waals surface area contributed by atoms with Gasteiger partial charge in [0, 0.05) is 45.3 Å². The molecule has 1 aromatic carbocycles. The lowest BCUT2D eigenvalue weighted by Crippen LogP contribution is -2.51. The monoisotopic (exact) mass is 357 g/mol. The summed E-state index contributed by atoms with van der Waals surface area (Å²) in [7, 11) is 4.09. The Bertz CT molecular complexity index is 573. The van der Waals surface area contributed by atoms with Crippen molar-refractivity contribution in [3.8, 4) is 0 Å². The first-order valence-electron chi connectivity index (χ1n) is 10.1. The predicted octanol–water partition coefficient (Wildman–Crippen LogP) is 2.16. The molecular formula is C21H35N5. The van der Waals surface area contributed by atoms with Crippen molar-refractivity contribution in [2.24, 2.45) is 10.9 Å². The third-order valence-corrected chi connectivity index (χ3v) is 5.85. The molecule has 2 saturated heterocycles. The SMILES string of the molecule is CN=C(NCC1CCN(C)C1)NC1CCN(Cc2ccccc2)C(C)C1. The molecule has 2 N–H and O–H groups in total. The zero-order valence-electron chi connectivity index (χ0n) is 16.6. The third-order valence-electron chi connectivity index (χ3n) is 5.85. The van der Waals surface area contributed by atoms with E-state index in [1.165, 1.54) is 37.9 Å². The minimum atomic E-state index is 0.509. The molecule has 2 aliphatic heterocycles. The van der Waals surface area contributed by atoms with Crippen molar-refractivity contribution in [1.29, 1.82) is 0 Å². The summed E-state index contributed by atoms with van der Waals surface area (Å²) >= 11 is 0. The van der Waals surface area contributed by atoms with E-state index < -0.39 is 0 Å². The molecule has 0 bridgehead atoms. The van der Waals surface area contributed by atoms with Crippen LogP contribution in [0.4, 0.5) is 0 Å². The molecule has 5 heteroatoms. The molecule has 0 spiro atoms. The van der Waals surface area contributed by atoms with Crippen LogP contribution in [0.5, 0.6) is 0 Å². The third kappa shape index (κ3) is 5.45. The lowest BCUT2D eigenvalue weighted by molar-refractivity contribution is 0.134. The minimum Gasteiger partial charge on any atom is -0.356 e. The number of hydrogen-bond acceptors (Lipinski definition) is 3. The summed E-state index contributed by atoms with van der Waals surface area (Å²) in [6.07, 6.45) is 3.62. The van der Waals surface area contributed by atoms with Crippen LogP contribution in [0.1, 0.15) is 31.7 Å². The van der Waals surface area contributed by atoms with Gasteiger partial charge in [-0.15, -0.1) is 0 Å². The van der Waals surface area contributed by atoms with E-state index in [0.717, 1.165) is 31.5 Å². The van der Waals surface area contributed by atoms with Gasteiger partial charge < -0.3 is 15.5 Å². The van der Waals surface area contributed by atoms with E-state index in [-0.39, 0.29) is 0 Å². The molecule has 144 valence electrons. The highest BCUT2D eigenvalue weighted by molar-refractivity contribution is 5.79. The Kier molecular flexibility index (Phi) is 6.92. The second-order valence-electron chi connectivity index (χ2n) is 8.04. The summed E-state index contributed by atoms with van der Waals surface area (Å²) in [6, 6.07) is 11.9. The topological polar surface area (TPSA) is 42.9 Å². The van der Waals surface area contributed by atoms with Crippen LogP contribution in [0.3, 0.4) is 0 Å². The molecule has 0 aliphatic carbocycles. The van der Waals surface area contributed by atoms with Crippen LogP contribution < -0.4 is 10.6 Å². The average molecular weight is 358 g/mol. The molecule has 0 amide bonds. The fraction of sp³-hybridized carbons (Fsp3) is 0.667. The number of hydrogen-bond donors (Lipinski definition) is 2. The van der Waals surface area contributed by atoms with Crippen LogP contribution in [0, 0.1) is 5.92 Å². The molecule has 2 fully saturated rings. The normalized spacial score (nSPS) is 28.3. The van der Waals surface area contributed by atoms with Crippen molar-refractivity contribution in [2.45, 2.75) is 44.8 Å². The van der Waals surface area contributed by atoms with E-state index in [9.17, 15) is 0 Å². The summed E-state index contributed by atoms with van der Waals surface area (Å²) in [5.41, 5.74) is 1.41. The molecule has 2 heterocycles. The molecule has 3 atom stereocenters. The van der Waals surface area contributed by atoms with Crippen LogP contribution in [0.25, 0.3) is 0 Å². The molecular weight excluding hydrogens is 322 g/mol. The quantitative estimate of drug-likeness (QED) is 0.626. The maximum Gasteiger partial charge on any atom is 0.191 e. The number of piperidine rings is 1. The zero-order chi connectivity index (χ0) is 18.4. The summed E-state index contributed by atoms with van der Waals surface area (Å²) in [4.78, 5) is 9.45. The number of nitrogens with one attached hydrogen (secondary N) is 2. The van der Waals surface area contributed by atoms with Gasteiger partial charge in [0.1, 0.15) is 0 Å². The molecule has 1 aromatic rings. The number of rotatable bonds is 5. The zero-order valence-corrected chi connectivity index (χ0v) is 16.6. The van der Waals surface area contributed by atoms with Gasteiger partial charge in [-0.25, -0.2) is 0 Å². The van der Waals surface area contributed by atoms with E-state index in [2.05, 4.69) is 69.7 Å². The lowest BCUT2D eigenvalue weighted by Gasteiger charge is -2.38. The Labute approximate surface area is 158 Å². The highest BCUT2D eigenvalue weighted by Crippen LogP contribution is 2.20. The van der Waals surface area contributed by atoms with Crippen LogP contribution >= 0.6 is 0 Å². The van der Waals surface area contributed by atoms with Gasteiger partial charge in [-0.3, -0.25) is 9.89 Å². The summed E-state index contributed by atoms with van der Waals surface area (Å²) in [5.74, 6) is 1.71. The Morgan fingerprint density at radius 1 is 1.19 bits per heavy atom. The maximum atomic E-state index is 4.44. The highest BCUT2D eigenvalue weighted by atomic mass is 15.2. The minimum absolute atomic E-state index is 0.509. The van der Waals surface area contributed by atoms with E-state index >= 15 is 0 Å². The standard InChI is InChI=1S/C21H35N5/c1-17-13-20(10-12-26(17)16-18-7-5-4-6-8-18)24-21(22-2)23-14-19-9-11-25(3)15-19/h4-8,17,19-20H,9-16H2,1-3H3,(H2,22,23,24). The Morgan fingerprint density at radius 2 is 2.00 bits per heavy atom. The van der Waals surface area contributed by atoms with Crippen molar-refractivity contribution in [1.82, 2.24) is 20.4 Å². The molecule has 3 unspecified atom stereocenters. The van der Waals surface area contributed by atoms with E-state index in [4.69, 9.17) is 0 Å². The first-order valence-corrected chi connectivity index (χ1v) is 10.1. The number of likely N-dealkylation sites (tertiary alicyclic amines) is 2. The Morgan fingerprint density at radius 3 is 2.65 bits per heavy atom. The molecule has 26 heavy (non-hydrogen) atoms. The fourth-order valence-corrected chi connectivity index (χ4v) is 4.23. The maximum absolute atomic E-state index is 4.44. The van der Waals surface area contributed by atoms with Gasteiger partial charge in [0.2, 0.25) is 0 Å². The van der Waals surface area contributed by atoms with Crippen LogP contribution in [0.15, 0.2) is 35.3 Å². The van der Waals surface area contributed by atoms with Gasteiger partial charge in [-0.2, -0.15) is 0 Å². The summed E-state index contributed by atoms with van der Waals surface area (Å²) in [5, 5.41) is 7.20. The number of aliphatic imine (C=N–C) groups is 1. The van der Waals surface area contributed by atoms with Crippen molar-refractivity contribution in [3.05, 3.63) is 35.9 Å². The lowest BCUT2D eigenvalue weighted by atomic mass is 9.97. The van der Waals surface area contributed by atoms with E-state index in [0.29, 0.717) is 12.1 Å².